The van der Waals surface area contributed by atoms with E-state index in [1.54, 1.807) is 30.4 Å². The molecule has 2 atom stereocenters. The maximum atomic E-state index is 12.0. The fraction of sp³-hybridized carbons (Fsp3) is 0.400. The summed E-state index contributed by atoms with van der Waals surface area (Å²) in [7, 11) is 0. The second kappa shape index (κ2) is 6.24. The Morgan fingerprint density at radius 1 is 1.50 bits per heavy atom. The van der Waals surface area contributed by atoms with Crippen molar-refractivity contribution in [2.75, 3.05) is 6.54 Å². The monoisotopic (exact) mass is 293 g/mol. The molecule has 2 aromatic heterocycles. The van der Waals surface area contributed by atoms with Crippen LogP contribution in [0.25, 0.3) is 0 Å². The number of carbonyl (C=O) groups excluding carboxylic acids is 1. The molecule has 108 valence electrons. The fourth-order valence-corrected chi connectivity index (χ4v) is 2.76. The Hall–Kier alpha value is -1.59. The summed E-state index contributed by atoms with van der Waals surface area (Å²) in [6, 6.07) is 7.41. The summed E-state index contributed by atoms with van der Waals surface area (Å²) in [4.78, 5) is 13.2. The van der Waals surface area contributed by atoms with Crippen molar-refractivity contribution in [2.45, 2.75) is 25.9 Å². The molecule has 2 aromatic rings. The van der Waals surface area contributed by atoms with Gasteiger partial charge in [-0.2, -0.15) is 0 Å². The molecule has 0 aliphatic rings. The third kappa shape index (κ3) is 3.71. The van der Waals surface area contributed by atoms with Gasteiger partial charge in [0.05, 0.1) is 12.8 Å². The van der Waals surface area contributed by atoms with Gasteiger partial charge in [0.25, 0.3) is 0 Å². The van der Waals surface area contributed by atoms with Gasteiger partial charge < -0.3 is 14.8 Å². The minimum atomic E-state index is -1.19. The molecule has 0 fully saturated rings. The second-order valence-electron chi connectivity index (χ2n) is 5.15. The third-order valence-corrected chi connectivity index (χ3v) is 4.09. The Morgan fingerprint density at radius 2 is 2.30 bits per heavy atom. The van der Waals surface area contributed by atoms with Crippen molar-refractivity contribution in [3.8, 4) is 0 Å². The second-order valence-corrected chi connectivity index (χ2v) is 6.19. The maximum absolute atomic E-state index is 12.0. The number of amides is 1. The molecule has 0 bridgehead atoms. The van der Waals surface area contributed by atoms with Crippen LogP contribution < -0.4 is 5.32 Å². The van der Waals surface area contributed by atoms with Gasteiger partial charge in [0.15, 0.2) is 0 Å². The number of hydrogen-bond donors (Lipinski definition) is 2. The summed E-state index contributed by atoms with van der Waals surface area (Å²) in [5.41, 5.74) is -1.19. The lowest BCUT2D eigenvalue weighted by atomic mass is 10.0. The molecule has 20 heavy (non-hydrogen) atoms. The third-order valence-electron chi connectivity index (χ3n) is 3.19. The number of thiophene rings is 1. The van der Waals surface area contributed by atoms with Crippen molar-refractivity contribution in [3.05, 3.63) is 46.5 Å². The highest BCUT2D eigenvalue weighted by atomic mass is 32.1. The zero-order valence-electron chi connectivity index (χ0n) is 11.6. The minimum Gasteiger partial charge on any atom is -0.466 e. The number of nitrogens with one attached hydrogen (secondary N) is 1. The summed E-state index contributed by atoms with van der Waals surface area (Å²) >= 11 is 1.65. The van der Waals surface area contributed by atoms with Crippen LogP contribution >= 0.6 is 11.3 Å². The molecule has 0 radical (unpaired) electrons. The maximum Gasteiger partial charge on any atom is 0.223 e. The number of rotatable bonds is 6. The van der Waals surface area contributed by atoms with Crippen molar-refractivity contribution >= 4 is 17.2 Å². The Bertz CT molecular complexity index is 531. The normalized spacial score (nSPS) is 15.6. The predicted octanol–water partition coefficient (Wildman–Crippen LogP) is 2.54. The van der Waals surface area contributed by atoms with Crippen LogP contribution in [0.1, 0.15) is 24.5 Å². The minimum absolute atomic E-state index is 0.0646. The molecule has 0 spiro atoms. The zero-order chi connectivity index (χ0) is 14.6. The topological polar surface area (TPSA) is 62.5 Å². The highest BCUT2D eigenvalue weighted by molar-refractivity contribution is 7.09. The summed E-state index contributed by atoms with van der Waals surface area (Å²) in [5.74, 6) is 0.259. The first kappa shape index (κ1) is 14.8. The van der Waals surface area contributed by atoms with E-state index in [-0.39, 0.29) is 18.4 Å². The van der Waals surface area contributed by atoms with Crippen LogP contribution in [0.5, 0.6) is 0 Å². The number of furan rings is 1. The fourth-order valence-electron chi connectivity index (χ4n) is 1.93. The van der Waals surface area contributed by atoms with Crippen molar-refractivity contribution in [1.82, 2.24) is 5.32 Å². The Kier molecular flexibility index (Phi) is 4.62. The molecule has 2 rings (SSSR count). The molecule has 0 aromatic carbocycles. The molecule has 0 saturated heterocycles. The Labute approximate surface area is 122 Å². The Balaban J connectivity index is 1.85. The lowest BCUT2D eigenvalue weighted by molar-refractivity contribution is -0.125. The van der Waals surface area contributed by atoms with Gasteiger partial charge in [0, 0.05) is 10.8 Å². The first-order chi connectivity index (χ1) is 9.49. The van der Waals surface area contributed by atoms with Crippen LogP contribution in [0.4, 0.5) is 0 Å². The molecule has 2 heterocycles. The van der Waals surface area contributed by atoms with Crippen molar-refractivity contribution in [2.24, 2.45) is 5.92 Å². The molecule has 0 saturated carbocycles. The van der Waals surface area contributed by atoms with Crippen molar-refractivity contribution in [1.29, 1.82) is 0 Å². The number of hydrogen-bond acceptors (Lipinski definition) is 4. The average Bonchev–Trinajstić information content (AvgIpc) is 3.08. The molecule has 5 heteroatoms. The average molecular weight is 293 g/mol. The quantitative estimate of drug-likeness (QED) is 0.860. The SMILES string of the molecule is CC(Cc1cccs1)C(=O)NCC(C)(O)c1ccco1. The van der Waals surface area contributed by atoms with E-state index in [2.05, 4.69) is 5.32 Å². The summed E-state index contributed by atoms with van der Waals surface area (Å²) < 4.78 is 5.18. The van der Waals surface area contributed by atoms with Crippen LogP contribution in [0.3, 0.4) is 0 Å². The molecule has 2 unspecified atom stereocenters. The van der Waals surface area contributed by atoms with Gasteiger partial charge in [0.2, 0.25) is 5.91 Å². The predicted molar refractivity (Wildman–Crippen MR) is 78.5 cm³/mol. The van der Waals surface area contributed by atoms with E-state index in [1.807, 2.05) is 24.4 Å². The highest BCUT2D eigenvalue weighted by Crippen LogP contribution is 2.20. The number of carbonyl (C=O) groups is 1. The van der Waals surface area contributed by atoms with E-state index in [1.165, 1.54) is 11.1 Å². The zero-order valence-corrected chi connectivity index (χ0v) is 12.4. The van der Waals surface area contributed by atoms with E-state index in [0.717, 1.165) is 0 Å². The van der Waals surface area contributed by atoms with Gasteiger partial charge in [-0.3, -0.25) is 4.79 Å². The van der Waals surface area contributed by atoms with Gasteiger partial charge in [-0.15, -0.1) is 11.3 Å². The van der Waals surface area contributed by atoms with Gasteiger partial charge >= 0.3 is 0 Å². The first-order valence-corrected chi connectivity index (χ1v) is 7.43. The molecule has 0 aliphatic carbocycles. The van der Waals surface area contributed by atoms with Crippen LogP contribution in [0, 0.1) is 5.92 Å². The molecule has 2 N–H and O–H groups in total. The lowest BCUT2D eigenvalue weighted by Crippen LogP contribution is -2.40. The van der Waals surface area contributed by atoms with Crippen LogP contribution in [-0.4, -0.2) is 17.6 Å². The van der Waals surface area contributed by atoms with Gasteiger partial charge in [0.1, 0.15) is 11.4 Å². The van der Waals surface area contributed by atoms with Crippen molar-refractivity contribution < 1.29 is 14.3 Å². The molecule has 0 aliphatic heterocycles. The van der Waals surface area contributed by atoms with Crippen LogP contribution in [0.2, 0.25) is 0 Å². The number of aliphatic hydroxyl groups is 1. The molecule has 4 nitrogen and oxygen atoms in total. The Morgan fingerprint density at radius 3 is 2.90 bits per heavy atom. The van der Waals surface area contributed by atoms with E-state index < -0.39 is 5.60 Å². The van der Waals surface area contributed by atoms with E-state index in [0.29, 0.717) is 12.2 Å². The van der Waals surface area contributed by atoms with Gasteiger partial charge in [-0.05, 0) is 36.9 Å². The molecular formula is C15H19NO3S. The van der Waals surface area contributed by atoms with Crippen molar-refractivity contribution in [3.63, 3.8) is 0 Å². The van der Waals surface area contributed by atoms with E-state index in [9.17, 15) is 9.90 Å². The van der Waals surface area contributed by atoms with Crippen LogP contribution in [-0.2, 0) is 16.8 Å². The summed E-state index contributed by atoms with van der Waals surface area (Å²) in [5, 5.41) is 15.0. The largest absolute Gasteiger partial charge is 0.466 e. The van der Waals surface area contributed by atoms with E-state index in [4.69, 9.17) is 4.42 Å². The van der Waals surface area contributed by atoms with Crippen LogP contribution in [0.15, 0.2) is 40.3 Å². The van der Waals surface area contributed by atoms with Gasteiger partial charge in [-0.1, -0.05) is 13.0 Å². The molecule has 1 amide bonds. The standard InChI is InChI=1S/C15H19NO3S/c1-11(9-12-5-4-8-20-12)14(17)16-10-15(2,18)13-6-3-7-19-13/h3-8,11,18H,9-10H2,1-2H3,(H,16,17). The molecular weight excluding hydrogens is 274 g/mol. The lowest BCUT2D eigenvalue weighted by Gasteiger charge is -2.22. The smallest absolute Gasteiger partial charge is 0.223 e. The highest BCUT2D eigenvalue weighted by Gasteiger charge is 2.27. The van der Waals surface area contributed by atoms with Gasteiger partial charge in [-0.25, -0.2) is 0 Å². The summed E-state index contributed by atoms with van der Waals surface area (Å²) in [6.07, 6.45) is 2.22. The summed E-state index contributed by atoms with van der Waals surface area (Å²) in [6.45, 7) is 3.64. The van der Waals surface area contributed by atoms with E-state index >= 15 is 0 Å². The first-order valence-electron chi connectivity index (χ1n) is 6.55.